The van der Waals surface area contributed by atoms with Gasteiger partial charge in [0.05, 0.1) is 5.92 Å². The molecule has 1 aromatic heterocycles. The highest BCUT2D eigenvalue weighted by atomic mass is 16.1. The van der Waals surface area contributed by atoms with Gasteiger partial charge in [0.25, 0.3) is 0 Å². The number of hydrogen-bond donors (Lipinski definition) is 1. The van der Waals surface area contributed by atoms with Crippen molar-refractivity contribution in [3.8, 4) is 0 Å². The Morgan fingerprint density at radius 2 is 1.96 bits per heavy atom. The maximum atomic E-state index is 12.6. The van der Waals surface area contributed by atoms with Crippen molar-refractivity contribution in [2.24, 2.45) is 0 Å². The number of carbonyl (C=O) groups excluding carboxylic acids is 1. The molecule has 2 heterocycles. The van der Waals surface area contributed by atoms with E-state index in [1.807, 2.05) is 42.6 Å². The first kappa shape index (κ1) is 16.5. The molecule has 1 aromatic carbocycles. The molecule has 1 fully saturated rings. The molecule has 4 nitrogen and oxygen atoms in total. The minimum absolute atomic E-state index is 0.0863. The van der Waals surface area contributed by atoms with Crippen molar-refractivity contribution in [1.29, 1.82) is 0 Å². The zero-order valence-electron chi connectivity index (χ0n) is 14.2. The fourth-order valence-electron chi connectivity index (χ4n) is 3.26. The van der Waals surface area contributed by atoms with Crippen LogP contribution in [0.5, 0.6) is 0 Å². The molecule has 0 radical (unpaired) electrons. The van der Waals surface area contributed by atoms with E-state index >= 15 is 0 Å². The molecule has 2 aromatic rings. The van der Waals surface area contributed by atoms with Crippen LogP contribution in [0.1, 0.15) is 43.2 Å². The predicted molar refractivity (Wildman–Crippen MR) is 97.0 cm³/mol. The van der Waals surface area contributed by atoms with E-state index in [1.54, 1.807) is 0 Å². The molecule has 3 rings (SSSR count). The summed E-state index contributed by atoms with van der Waals surface area (Å²) in [6.45, 7) is 4.75. The SMILES string of the molecule is CCC(C(=O)NCc1ccnc(N2CCCC2)c1)c1ccccc1. The summed E-state index contributed by atoms with van der Waals surface area (Å²) in [6.07, 6.45) is 5.10. The largest absolute Gasteiger partial charge is 0.357 e. The molecular weight excluding hydrogens is 298 g/mol. The molecule has 1 saturated heterocycles. The van der Waals surface area contributed by atoms with Gasteiger partial charge in [-0.25, -0.2) is 4.98 Å². The molecule has 4 heteroatoms. The second kappa shape index (κ2) is 7.95. The van der Waals surface area contributed by atoms with Gasteiger partial charge < -0.3 is 10.2 Å². The molecular formula is C20H25N3O. The van der Waals surface area contributed by atoms with E-state index < -0.39 is 0 Å². The topological polar surface area (TPSA) is 45.2 Å². The number of pyridine rings is 1. The normalized spacial score (nSPS) is 15.3. The van der Waals surface area contributed by atoms with Gasteiger partial charge in [-0.05, 0) is 42.5 Å². The van der Waals surface area contributed by atoms with Crippen LogP contribution in [0.3, 0.4) is 0 Å². The van der Waals surface area contributed by atoms with Crippen molar-refractivity contribution in [3.05, 3.63) is 59.8 Å². The Bertz CT molecular complexity index is 666. The van der Waals surface area contributed by atoms with Crippen molar-refractivity contribution in [2.75, 3.05) is 18.0 Å². The van der Waals surface area contributed by atoms with Gasteiger partial charge in [0.15, 0.2) is 0 Å². The number of nitrogens with one attached hydrogen (secondary N) is 1. The average molecular weight is 323 g/mol. The lowest BCUT2D eigenvalue weighted by Gasteiger charge is -2.18. The van der Waals surface area contributed by atoms with Crippen molar-refractivity contribution in [1.82, 2.24) is 10.3 Å². The minimum atomic E-state index is -0.0916. The smallest absolute Gasteiger partial charge is 0.227 e. The van der Waals surface area contributed by atoms with Gasteiger partial charge in [-0.2, -0.15) is 0 Å². The summed E-state index contributed by atoms with van der Waals surface area (Å²) in [5, 5.41) is 3.08. The number of benzene rings is 1. The van der Waals surface area contributed by atoms with E-state index in [4.69, 9.17) is 0 Å². The zero-order valence-corrected chi connectivity index (χ0v) is 14.2. The van der Waals surface area contributed by atoms with Crippen LogP contribution in [0, 0.1) is 0 Å². The van der Waals surface area contributed by atoms with Crippen LogP contribution in [-0.4, -0.2) is 24.0 Å². The highest BCUT2D eigenvalue weighted by Crippen LogP contribution is 2.20. The summed E-state index contributed by atoms with van der Waals surface area (Å²) >= 11 is 0. The third-order valence-corrected chi connectivity index (χ3v) is 4.63. The number of hydrogen-bond acceptors (Lipinski definition) is 3. The van der Waals surface area contributed by atoms with Gasteiger partial charge in [0, 0.05) is 25.8 Å². The average Bonchev–Trinajstić information content (AvgIpc) is 3.16. The van der Waals surface area contributed by atoms with Crippen LogP contribution in [0.4, 0.5) is 5.82 Å². The first-order valence-corrected chi connectivity index (χ1v) is 8.80. The second-order valence-corrected chi connectivity index (χ2v) is 6.31. The molecule has 0 aliphatic carbocycles. The van der Waals surface area contributed by atoms with Crippen LogP contribution in [0.2, 0.25) is 0 Å². The van der Waals surface area contributed by atoms with E-state index in [0.29, 0.717) is 6.54 Å². The number of nitrogens with zero attached hydrogens (tertiary/aromatic N) is 2. The lowest BCUT2D eigenvalue weighted by molar-refractivity contribution is -0.122. The van der Waals surface area contributed by atoms with Gasteiger partial charge in [0.2, 0.25) is 5.91 Å². The zero-order chi connectivity index (χ0) is 16.8. The summed E-state index contributed by atoms with van der Waals surface area (Å²) in [7, 11) is 0. The molecule has 1 unspecified atom stereocenters. The fourth-order valence-corrected chi connectivity index (χ4v) is 3.26. The lowest BCUT2D eigenvalue weighted by Crippen LogP contribution is -2.29. The lowest BCUT2D eigenvalue weighted by atomic mass is 9.95. The summed E-state index contributed by atoms with van der Waals surface area (Å²) in [5.41, 5.74) is 2.17. The summed E-state index contributed by atoms with van der Waals surface area (Å²) < 4.78 is 0. The third-order valence-electron chi connectivity index (χ3n) is 4.63. The van der Waals surface area contributed by atoms with Crippen LogP contribution in [0.25, 0.3) is 0 Å². The van der Waals surface area contributed by atoms with Crippen LogP contribution < -0.4 is 10.2 Å². The fraction of sp³-hybridized carbons (Fsp3) is 0.400. The second-order valence-electron chi connectivity index (χ2n) is 6.31. The standard InChI is InChI=1S/C20H25N3O/c1-2-18(17-8-4-3-5-9-17)20(24)22-15-16-10-11-21-19(14-16)23-12-6-7-13-23/h3-5,8-11,14,18H,2,6-7,12-13,15H2,1H3,(H,22,24). The number of anilines is 1. The van der Waals surface area contributed by atoms with Crippen molar-refractivity contribution < 1.29 is 4.79 Å². The van der Waals surface area contributed by atoms with Crippen LogP contribution >= 0.6 is 0 Å². The number of aromatic nitrogens is 1. The number of amides is 1. The molecule has 1 atom stereocenters. The molecule has 1 N–H and O–H groups in total. The Hall–Kier alpha value is -2.36. The van der Waals surface area contributed by atoms with Crippen LogP contribution in [-0.2, 0) is 11.3 Å². The van der Waals surface area contributed by atoms with Crippen molar-refractivity contribution >= 4 is 11.7 Å². The number of rotatable bonds is 6. The highest BCUT2D eigenvalue weighted by molar-refractivity contribution is 5.83. The van der Waals surface area contributed by atoms with Gasteiger partial charge in [-0.15, -0.1) is 0 Å². The maximum Gasteiger partial charge on any atom is 0.227 e. The van der Waals surface area contributed by atoms with Crippen LogP contribution in [0.15, 0.2) is 48.7 Å². The monoisotopic (exact) mass is 323 g/mol. The summed E-state index contributed by atoms with van der Waals surface area (Å²) in [6, 6.07) is 14.0. The first-order valence-electron chi connectivity index (χ1n) is 8.80. The van der Waals surface area contributed by atoms with E-state index in [-0.39, 0.29) is 11.8 Å². The Morgan fingerprint density at radius 3 is 2.67 bits per heavy atom. The molecule has 1 aliphatic rings. The van der Waals surface area contributed by atoms with Gasteiger partial charge >= 0.3 is 0 Å². The van der Waals surface area contributed by atoms with E-state index in [0.717, 1.165) is 36.5 Å². The highest BCUT2D eigenvalue weighted by Gasteiger charge is 2.18. The van der Waals surface area contributed by atoms with Gasteiger partial charge in [-0.1, -0.05) is 37.3 Å². The van der Waals surface area contributed by atoms with Crippen molar-refractivity contribution in [2.45, 2.75) is 38.6 Å². The summed E-state index contributed by atoms with van der Waals surface area (Å²) in [5.74, 6) is 1.02. The van der Waals surface area contributed by atoms with E-state index in [2.05, 4.69) is 28.2 Å². The Kier molecular flexibility index (Phi) is 5.47. The predicted octanol–water partition coefficient (Wildman–Crippen LogP) is 3.49. The van der Waals surface area contributed by atoms with E-state index in [1.165, 1.54) is 12.8 Å². The molecule has 0 bridgehead atoms. The van der Waals surface area contributed by atoms with Gasteiger partial charge in [0.1, 0.15) is 5.82 Å². The Labute approximate surface area is 143 Å². The molecule has 126 valence electrons. The van der Waals surface area contributed by atoms with E-state index in [9.17, 15) is 4.79 Å². The minimum Gasteiger partial charge on any atom is -0.357 e. The Morgan fingerprint density at radius 1 is 1.21 bits per heavy atom. The molecule has 24 heavy (non-hydrogen) atoms. The van der Waals surface area contributed by atoms with Crippen molar-refractivity contribution in [3.63, 3.8) is 0 Å². The number of carbonyl (C=O) groups is 1. The maximum absolute atomic E-state index is 12.6. The summed E-state index contributed by atoms with van der Waals surface area (Å²) in [4.78, 5) is 19.3. The first-order chi connectivity index (χ1) is 11.8. The van der Waals surface area contributed by atoms with Gasteiger partial charge in [-0.3, -0.25) is 4.79 Å². The molecule has 0 saturated carbocycles. The Balaban J connectivity index is 1.62. The third kappa shape index (κ3) is 3.94. The molecule has 1 aliphatic heterocycles. The quantitative estimate of drug-likeness (QED) is 0.885. The molecule has 1 amide bonds. The molecule has 0 spiro atoms.